The fourth-order valence-corrected chi connectivity index (χ4v) is 2.61. The summed E-state index contributed by atoms with van der Waals surface area (Å²) in [6.45, 7) is 1.02. The number of hydrogen-bond donors (Lipinski definition) is 1. The zero-order chi connectivity index (χ0) is 18.4. The van der Waals surface area contributed by atoms with Gasteiger partial charge in [0.15, 0.2) is 6.29 Å². The number of benzene rings is 1. The molecule has 1 N–H and O–H groups in total. The molecule has 8 heteroatoms. The number of nitrogens with one attached hydrogen (secondary N) is 1. The summed E-state index contributed by atoms with van der Waals surface area (Å²) in [5.74, 6) is -2.06. The Kier molecular flexibility index (Phi) is 5.99. The van der Waals surface area contributed by atoms with Gasteiger partial charge in [0.2, 0.25) is 17.7 Å². The molecular weight excluding hydrogens is 328 g/mol. The molecule has 1 aromatic rings. The Hall–Kier alpha value is -3.03. The lowest BCUT2D eigenvalue weighted by atomic mass is 10.1. The Labute approximate surface area is 144 Å². The van der Waals surface area contributed by atoms with Crippen LogP contribution in [0.15, 0.2) is 24.3 Å². The number of rotatable bonds is 5. The van der Waals surface area contributed by atoms with Gasteiger partial charge < -0.3 is 4.74 Å². The van der Waals surface area contributed by atoms with Gasteiger partial charge in [0.25, 0.3) is 5.91 Å². The van der Waals surface area contributed by atoms with Crippen molar-refractivity contribution < 1.29 is 28.7 Å². The molecule has 1 unspecified atom stereocenters. The van der Waals surface area contributed by atoms with Gasteiger partial charge in [0.05, 0.1) is 0 Å². The zero-order valence-electron chi connectivity index (χ0n) is 13.7. The number of amides is 4. The fourth-order valence-electron chi connectivity index (χ4n) is 2.61. The smallest absolute Gasteiger partial charge is 0.261 e. The Morgan fingerprint density at radius 1 is 1.36 bits per heavy atom. The van der Waals surface area contributed by atoms with E-state index in [1.54, 1.807) is 12.1 Å². The van der Waals surface area contributed by atoms with Crippen LogP contribution in [0.5, 0.6) is 5.75 Å². The van der Waals surface area contributed by atoms with Crippen LogP contribution in [0.2, 0.25) is 0 Å². The van der Waals surface area contributed by atoms with Gasteiger partial charge in [0, 0.05) is 18.9 Å². The predicted molar refractivity (Wildman–Crippen MR) is 85.6 cm³/mol. The van der Waals surface area contributed by atoms with E-state index in [2.05, 4.69) is 5.32 Å². The Bertz CT molecular complexity index is 715. The maximum Gasteiger partial charge on any atom is 0.261 e. The van der Waals surface area contributed by atoms with Crippen LogP contribution in [-0.2, 0) is 19.2 Å². The standard InChI is InChI=1S/C17H18N2O6/c1-11(21)19(14-6-3-7-15(22)18-16(14)23)17(24)12-4-2-5-13(10-12)25-9-8-20/h2,4-5,8,10,14H,3,6-7,9H2,1H3,(H,18,22,23). The quantitative estimate of drug-likeness (QED) is 0.612. The molecule has 132 valence electrons. The van der Waals surface area contributed by atoms with Gasteiger partial charge in [-0.15, -0.1) is 0 Å². The molecule has 2 rings (SSSR count). The Morgan fingerprint density at radius 2 is 2.12 bits per heavy atom. The van der Waals surface area contributed by atoms with Gasteiger partial charge >= 0.3 is 0 Å². The van der Waals surface area contributed by atoms with E-state index in [0.29, 0.717) is 18.5 Å². The predicted octanol–water partition coefficient (Wildman–Crippen LogP) is 0.448. The summed E-state index contributed by atoms with van der Waals surface area (Å²) in [7, 11) is 0. The van der Waals surface area contributed by atoms with Crippen molar-refractivity contribution in [3.05, 3.63) is 29.8 Å². The second kappa shape index (κ2) is 8.18. The SMILES string of the molecule is CC(=O)N(C(=O)c1cccc(OCC=O)c1)C1CCCC(=O)NC1=O. The van der Waals surface area contributed by atoms with Crippen molar-refractivity contribution in [2.24, 2.45) is 0 Å². The van der Waals surface area contributed by atoms with Crippen molar-refractivity contribution >= 4 is 29.9 Å². The van der Waals surface area contributed by atoms with Crippen LogP contribution in [0.25, 0.3) is 0 Å². The molecule has 1 aliphatic rings. The van der Waals surface area contributed by atoms with Gasteiger partial charge in [-0.3, -0.25) is 34.2 Å². The molecule has 0 bridgehead atoms. The molecule has 1 aromatic carbocycles. The molecule has 0 radical (unpaired) electrons. The first-order valence-corrected chi connectivity index (χ1v) is 7.78. The molecule has 25 heavy (non-hydrogen) atoms. The van der Waals surface area contributed by atoms with Crippen molar-refractivity contribution in [1.29, 1.82) is 0 Å². The van der Waals surface area contributed by atoms with E-state index in [-0.39, 0.29) is 25.0 Å². The van der Waals surface area contributed by atoms with Crippen LogP contribution in [0.3, 0.4) is 0 Å². The highest BCUT2D eigenvalue weighted by Crippen LogP contribution is 2.19. The third-order valence-corrected chi connectivity index (χ3v) is 3.72. The first kappa shape index (κ1) is 18.3. The molecule has 1 saturated heterocycles. The van der Waals surface area contributed by atoms with Crippen molar-refractivity contribution in [3.63, 3.8) is 0 Å². The normalized spacial score (nSPS) is 17.2. The monoisotopic (exact) mass is 346 g/mol. The molecule has 1 heterocycles. The summed E-state index contributed by atoms with van der Waals surface area (Å²) in [6.07, 6.45) is 1.34. The highest BCUT2D eigenvalue weighted by Gasteiger charge is 2.35. The number of nitrogens with zero attached hydrogens (tertiary/aromatic N) is 1. The minimum absolute atomic E-state index is 0.141. The molecule has 1 fully saturated rings. The molecule has 0 saturated carbocycles. The maximum absolute atomic E-state index is 12.8. The molecule has 1 atom stereocenters. The third kappa shape index (κ3) is 4.50. The molecule has 0 aliphatic carbocycles. The molecule has 4 amide bonds. The number of aldehydes is 1. The molecule has 0 spiro atoms. The van der Waals surface area contributed by atoms with Crippen LogP contribution in [0.1, 0.15) is 36.5 Å². The third-order valence-electron chi connectivity index (χ3n) is 3.72. The average molecular weight is 346 g/mol. The Morgan fingerprint density at radius 3 is 2.80 bits per heavy atom. The summed E-state index contributed by atoms with van der Waals surface area (Å²) >= 11 is 0. The van der Waals surface area contributed by atoms with E-state index >= 15 is 0 Å². The summed E-state index contributed by atoms with van der Waals surface area (Å²) < 4.78 is 5.14. The second-order valence-corrected chi connectivity index (χ2v) is 5.52. The molecule has 0 aromatic heterocycles. The van der Waals surface area contributed by atoms with Crippen LogP contribution in [0.4, 0.5) is 0 Å². The van der Waals surface area contributed by atoms with E-state index < -0.39 is 29.7 Å². The fraction of sp³-hybridized carbons (Fsp3) is 0.353. The summed E-state index contributed by atoms with van der Waals surface area (Å²) in [6, 6.07) is 4.93. The van der Waals surface area contributed by atoms with E-state index in [4.69, 9.17) is 4.74 Å². The molecule has 1 aliphatic heterocycles. The highest BCUT2D eigenvalue weighted by atomic mass is 16.5. The maximum atomic E-state index is 12.8. The van der Waals surface area contributed by atoms with Crippen LogP contribution >= 0.6 is 0 Å². The largest absolute Gasteiger partial charge is 0.486 e. The van der Waals surface area contributed by atoms with E-state index in [9.17, 15) is 24.0 Å². The summed E-state index contributed by atoms with van der Waals surface area (Å²) in [5.41, 5.74) is 0.141. The van der Waals surface area contributed by atoms with E-state index in [0.717, 1.165) is 4.90 Å². The number of imide groups is 2. The lowest BCUT2D eigenvalue weighted by molar-refractivity contribution is -0.138. The summed E-state index contributed by atoms with van der Waals surface area (Å²) in [4.78, 5) is 59.6. The zero-order valence-corrected chi connectivity index (χ0v) is 13.7. The minimum Gasteiger partial charge on any atom is -0.486 e. The summed E-state index contributed by atoms with van der Waals surface area (Å²) in [5, 5.41) is 2.19. The van der Waals surface area contributed by atoms with Gasteiger partial charge in [0.1, 0.15) is 18.4 Å². The van der Waals surface area contributed by atoms with Crippen molar-refractivity contribution in [2.75, 3.05) is 6.61 Å². The van der Waals surface area contributed by atoms with Gasteiger partial charge in [-0.25, -0.2) is 0 Å². The first-order chi connectivity index (χ1) is 11.9. The molecule has 8 nitrogen and oxygen atoms in total. The number of carbonyl (C=O) groups is 5. The van der Waals surface area contributed by atoms with Crippen LogP contribution < -0.4 is 10.1 Å². The van der Waals surface area contributed by atoms with Gasteiger partial charge in [-0.05, 0) is 31.0 Å². The second-order valence-electron chi connectivity index (χ2n) is 5.52. The van der Waals surface area contributed by atoms with Crippen molar-refractivity contribution in [3.8, 4) is 5.75 Å². The lowest BCUT2D eigenvalue weighted by Crippen LogP contribution is -2.51. The first-order valence-electron chi connectivity index (χ1n) is 7.78. The van der Waals surface area contributed by atoms with Crippen molar-refractivity contribution in [2.45, 2.75) is 32.2 Å². The lowest BCUT2D eigenvalue weighted by Gasteiger charge is -2.27. The highest BCUT2D eigenvalue weighted by molar-refractivity contribution is 6.09. The number of hydrogen-bond acceptors (Lipinski definition) is 6. The van der Waals surface area contributed by atoms with Crippen molar-refractivity contribution in [1.82, 2.24) is 10.2 Å². The van der Waals surface area contributed by atoms with E-state index in [1.807, 2.05) is 0 Å². The van der Waals surface area contributed by atoms with Crippen LogP contribution in [0, 0.1) is 0 Å². The van der Waals surface area contributed by atoms with Gasteiger partial charge in [-0.1, -0.05) is 6.07 Å². The topological polar surface area (TPSA) is 110 Å². The minimum atomic E-state index is -1.05. The number of ether oxygens (including phenoxy) is 1. The molecular formula is C17H18N2O6. The number of carbonyl (C=O) groups excluding carboxylic acids is 5. The van der Waals surface area contributed by atoms with Gasteiger partial charge in [-0.2, -0.15) is 0 Å². The Balaban J connectivity index is 2.29. The average Bonchev–Trinajstić information content (AvgIpc) is 2.74. The van der Waals surface area contributed by atoms with Crippen LogP contribution in [-0.4, -0.2) is 47.5 Å². The van der Waals surface area contributed by atoms with E-state index in [1.165, 1.54) is 19.1 Å².